The van der Waals surface area contributed by atoms with Gasteiger partial charge in [-0.1, -0.05) is 42.6 Å². The first-order chi connectivity index (χ1) is 9.10. The molecule has 0 radical (unpaired) electrons. The standard InChI is InChI=1S/C14H14Cl2N2O/c1-2-3-7-18-14(19)10(9-17)8-11-12(15)5-4-6-13(11)16/h4-6,8H,2-3,7H2,1H3,(H,18,19)/b10-8-. The van der Waals surface area contributed by atoms with Crippen molar-refractivity contribution < 1.29 is 4.79 Å². The van der Waals surface area contributed by atoms with E-state index in [1.807, 2.05) is 13.0 Å². The van der Waals surface area contributed by atoms with Crippen molar-refractivity contribution in [2.45, 2.75) is 19.8 Å². The molecule has 19 heavy (non-hydrogen) atoms. The molecule has 0 saturated carbocycles. The smallest absolute Gasteiger partial charge is 0.261 e. The highest BCUT2D eigenvalue weighted by Gasteiger charge is 2.11. The molecular formula is C14H14Cl2N2O. The highest BCUT2D eigenvalue weighted by molar-refractivity contribution is 6.37. The number of nitriles is 1. The zero-order chi connectivity index (χ0) is 14.3. The monoisotopic (exact) mass is 296 g/mol. The number of nitrogens with zero attached hydrogens (tertiary/aromatic N) is 1. The molecular weight excluding hydrogens is 283 g/mol. The fraction of sp³-hybridized carbons (Fsp3) is 0.286. The second-order valence-corrected chi connectivity index (χ2v) is 4.73. The molecule has 0 aliphatic rings. The van der Waals surface area contributed by atoms with Gasteiger partial charge in [-0.2, -0.15) is 5.26 Å². The van der Waals surface area contributed by atoms with Crippen LogP contribution in [0.1, 0.15) is 25.3 Å². The Morgan fingerprint density at radius 1 is 1.42 bits per heavy atom. The minimum atomic E-state index is -0.410. The maximum atomic E-state index is 11.8. The maximum absolute atomic E-state index is 11.8. The summed E-state index contributed by atoms with van der Waals surface area (Å²) in [5.74, 6) is -0.410. The van der Waals surface area contributed by atoms with Gasteiger partial charge in [-0.3, -0.25) is 4.79 Å². The van der Waals surface area contributed by atoms with Gasteiger partial charge in [-0.25, -0.2) is 0 Å². The molecule has 5 heteroatoms. The Morgan fingerprint density at radius 2 is 2.05 bits per heavy atom. The van der Waals surface area contributed by atoms with E-state index in [1.54, 1.807) is 18.2 Å². The number of amides is 1. The molecule has 0 bridgehead atoms. The maximum Gasteiger partial charge on any atom is 0.261 e. The Kier molecular flexibility index (Phi) is 6.41. The van der Waals surface area contributed by atoms with Gasteiger partial charge in [0.1, 0.15) is 11.6 Å². The summed E-state index contributed by atoms with van der Waals surface area (Å²) in [6.07, 6.45) is 3.26. The number of rotatable bonds is 5. The average molecular weight is 297 g/mol. The van der Waals surface area contributed by atoms with E-state index in [4.69, 9.17) is 28.5 Å². The average Bonchev–Trinajstić information content (AvgIpc) is 2.38. The SMILES string of the molecule is CCCCNC(=O)/C(C#N)=C\c1c(Cl)cccc1Cl. The first kappa shape index (κ1) is 15.6. The van der Waals surface area contributed by atoms with Crippen LogP contribution in [-0.4, -0.2) is 12.5 Å². The zero-order valence-electron chi connectivity index (χ0n) is 10.5. The van der Waals surface area contributed by atoms with Gasteiger partial charge in [-0.05, 0) is 24.6 Å². The van der Waals surface area contributed by atoms with E-state index in [0.717, 1.165) is 12.8 Å². The van der Waals surface area contributed by atoms with Crippen molar-refractivity contribution in [2.75, 3.05) is 6.54 Å². The highest BCUT2D eigenvalue weighted by atomic mass is 35.5. The molecule has 0 aliphatic carbocycles. The molecule has 1 aromatic rings. The first-order valence-electron chi connectivity index (χ1n) is 5.94. The summed E-state index contributed by atoms with van der Waals surface area (Å²) < 4.78 is 0. The van der Waals surface area contributed by atoms with Gasteiger partial charge in [0.2, 0.25) is 0 Å². The summed E-state index contributed by atoms with van der Waals surface area (Å²) in [7, 11) is 0. The zero-order valence-corrected chi connectivity index (χ0v) is 12.1. The number of nitrogens with one attached hydrogen (secondary N) is 1. The van der Waals surface area contributed by atoms with Crippen LogP contribution in [0.15, 0.2) is 23.8 Å². The third-order valence-corrected chi connectivity index (χ3v) is 3.13. The van der Waals surface area contributed by atoms with Crippen molar-refractivity contribution in [2.24, 2.45) is 0 Å². The molecule has 0 fully saturated rings. The number of hydrogen-bond acceptors (Lipinski definition) is 2. The molecule has 100 valence electrons. The first-order valence-corrected chi connectivity index (χ1v) is 6.69. The second kappa shape index (κ2) is 7.83. The summed E-state index contributed by atoms with van der Waals surface area (Å²) in [5.41, 5.74) is 0.471. The Balaban J connectivity index is 2.94. The van der Waals surface area contributed by atoms with Gasteiger partial charge < -0.3 is 5.32 Å². The van der Waals surface area contributed by atoms with Crippen LogP contribution in [0.25, 0.3) is 6.08 Å². The van der Waals surface area contributed by atoms with Crippen molar-refractivity contribution in [1.82, 2.24) is 5.32 Å². The topological polar surface area (TPSA) is 52.9 Å². The third-order valence-electron chi connectivity index (χ3n) is 2.47. The number of benzene rings is 1. The Morgan fingerprint density at radius 3 is 2.58 bits per heavy atom. The molecule has 0 spiro atoms. The van der Waals surface area contributed by atoms with Crippen LogP contribution < -0.4 is 5.32 Å². The minimum absolute atomic E-state index is 0.00824. The quantitative estimate of drug-likeness (QED) is 0.510. The minimum Gasteiger partial charge on any atom is -0.351 e. The summed E-state index contributed by atoms with van der Waals surface area (Å²) in [6, 6.07) is 6.88. The van der Waals surface area contributed by atoms with Crippen LogP contribution in [0, 0.1) is 11.3 Å². The lowest BCUT2D eigenvalue weighted by molar-refractivity contribution is -0.117. The van der Waals surface area contributed by atoms with Crippen molar-refractivity contribution >= 4 is 35.2 Å². The van der Waals surface area contributed by atoms with Crippen molar-refractivity contribution in [3.05, 3.63) is 39.4 Å². The summed E-state index contributed by atoms with van der Waals surface area (Å²) >= 11 is 12.0. The van der Waals surface area contributed by atoms with Crippen molar-refractivity contribution in [1.29, 1.82) is 5.26 Å². The molecule has 0 aromatic heterocycles. The van der Waals surface area contributed by atoms with Crippen molar-refractivity contribution in [3.63, 3.8) is 0 Å². The second-order valence-electron chi connectivity index (χ2n) is 3.91. The number of halogens is 2. The molecule has 0 aliphatic heterocycles. The Hall–Kier alpha value is -1.50. The number of carbonyl (C=O) groups excluding carboxylic acids is 1. The Labute approximate surface area is 122 Å². The molecule has 1 amide bonds. The number of hydrogen-bond donors (Lipinski definition) is 1. The molecule has 3 nitrogen and oxygen atoms in total. The predicted molar refractivity (Wildman–Crippen MR) is 78.0 cm³/mol. The third kappa shape index (κ3) is 4.59. The van der Waals surface area contributed by atoms with Crippen LogP contribution in [-0.2, 0) is 4.79 Å². The lowest BCUT2D eigenvalue weighted by atomic mass is 10.1. The fourth-order valence-electron chi connectivity index (χ4n) is 1.42. The van der Waals surface area contributed by atoms with Gasteiger partial charge in [0.05, 0.1) is 0 Å². The van der Waals surface area contributed by atoms with Crippen LogP contribution in [0.2, 0.25) is 10.0 Å². The van der Waals surface area contributed by atoms with E-state index in [0.29, 0.717) is 22.2 Å². The van der Waals surface area contributed by atoms with Gasteiger partial charge in [0.25, 0.3) is 5.91 Å². The van der Waals surface area contributed by atoms with E-state index in [2.05, 4.69) is 5.32 Å². The molecule has 1 rings (SSSR count). The van der Waals surface area contributed by atoms with Crippen LogP contribution >= 0.6 is 23.2 Å². The van der Waals surface area contributed by atoms with E-state index < -0.39 is 5.91 Å². The van der Waals surface area contributed by atoms with Gasteiger partial charge in [0.15, 0.2) is 0 Å². The van der Waals surface area contributed by atoms with Gasteiger partial charge >= 0.3 is 0 Å². The lowest BCUT2D eigenvalue weighted by Crippen LogP contribution is -2.25. The molecule has 1 N–H and O–H groups in total. The molecule has 0 atom stereocenters. The fourth-order valence-corrected chi connectivity index (χ4v) is 1.92. The van der Waals surface area contributed by atoms with Gasteiger partial charge in [0, 0.05) is 22.2 Å². The number of carbonyl (C=O) groups is 1. The predicted octanol–water partition coefficient (Wildman–Crippen LogP) is 3.82. The van der Waals surface area contributed by atoms with E-state index in [1.165, 1.54) is 6.08 Å². The summed E-state index contributed by atoms with van der Waals surface area (Å²) in [6.45, 7) is 2.57. The lowest BCUT2D eigenvalue weighted by Gasteiger charge is -2.05. The highest BCUT2D eigenvalue weighted by Crippen LogP contribution is 2.26. The normalized spacial score (nSPS) is 10.9. The molecule has 0 heterocycles. The summed E-state index contributed by atoms with van der Waals surface area (Å²) in [5, 5.41) is 12.5. The Bertz CT molecular complexity index is 512. The van der Waals surface area contributed by atoms with Crippen LogP contribution in [0.4, 0.5) is 0 Å². The van der Waals surface area contributed by atoms with E-state index >= 15 is 0 Å². The molecule has 1 aromatic carbocycles. The number of unbranched alkanes of at least 4 members (excludes halogenated alkanes) is 1. The van der Waals surface area contributed by atoms with E-state index in [9.17, 15) is 4.79 Å². The van der Waals surface area contributed by atoms with Gasteiger partial charge in [-0.15, -0.1) is 0 Å². The van der Waals surface area contributed by atoms with E-state index in [-0.39, 0.29) is 5.57 Å². The largest absolute Gasteiger partial charge is 0.351 e. The van der Waals surface area contributed by atoms with Crippen molar-refractivity contribution in [3.8, 4) is 6.07 Å². The van der Waals surface area contributed by atoms with Crippen LogP contribution in [0.3, 0.4) is 0 Å². The van der Waals surface area contributed by atoms with Crippen LogP contribution in [0.5, 0.6) is 0 Å². The molecule has 0 unspecified atom stereocenters. The molecule has 0 saturated heterocycles. The summed E-state index contributed by atoms with van der Waals surface area (Å²) in [4.78, 5) is 11.8.